The number of aryl methyl sites for hydroxylation is 1. The molecule has 2 rings (SSSR count). The molecule has 0 aliphatic heterocycles. The molecule has 2 aromatic carbocycles. The van der Waals surface area contributed by atoms with Crippen molar-refractivity contribution in [3.63, 3.8) is 0 Å². The summed E-state index contributed by atoms with van der Waals surface area (Å²) in [7, 11) is -3.21. The van der Waals surface area contributed by atoms with Crippen LogP contribution in [0.2, 0.25) is 0 Å². The van der Waals surface area contributed by atoms with Gasteiger partial charge in [-0.15, -0.1) is 0 Å². The zero-order valence-electron chi connectivity index (χ0n) is 12.8. The average Bonchev–Trinajstić information content (AvgIpc) is 2.50. The Balaban J connectivity index is 1.82. The molecule has 0 atom stereocenters. The van der Waals surface area contributed by atoms with E-state index in [1.165, 1.54) is 24.3 Å². The van der Waals surface area contributed by atoms with Gasteiger partial charge >= 0.3 is 0 Å². The fourth-order valence-electron chi connectivity index (χ4n) is 2.09. The lowest BCUT2D eigenvalue weighted by molar-refractivity contribution is -0.121. The largest absolute Gasteiger partial charge is 0.352 e. The van der Waals surface area contributed by atoms with Gasteiger partial charge in [0.1, 0.15) is 5.82 Å². The molecule has 6 heteroatoms. The molecule has 2 aromatic rings. The maximum atomic E-state index is 13.0. The fraction of sp³-hybridized carbons (Fsp3) is 0.235. The van der Waals surface area contributed by atoms with Crippen LogP contribution in [0.1, 0.15) is 17.5 Å². The molecule has 1 amide bonds. The van der Waals surface area contributed by atoms with Gasteiger partial charge in [0.2, 0.25) is 5.91 Å². The first-order chi connectivity index (χ1) is 10.8. The quantitative estimate of drug-likeness (QED) is 0.882. The SMILES string of the molecule is CS(=O)(=O)c1ccc(CNC(=O)CCc2cccc(F)c2)cc1. The van der Waals surface area contributed by atoms with Crippen molar-refractivity contribution in [2.45, 2.75) is 24.3 Å². The fourth-order valence-corrected chi connectivity index (χ4v) is 2.72. The molecule has 0 aromatic heterocycles. The van der Waals surface area contributed by atoms with Gasteiger partial charge in [-0.1, -0.05) is 24.3 Å². The zero-order valence-corrected chi connectivity index (χ0v) is 13.6. The molecule has 0 saturated heterocycles. The first kappa shape index (κ1) is 17.1. The maximum absolute atomic E-state index is 13.0. The zero-order chi connectivity index (χ0) is 16.9. The molecule has 1 N–H and O–H groups in total. The predicted molar refractivity (Wildman–Crippen MR) is 86.1 cm³/mol. The molecule has 0 radical (unpaired) electrons. The maximum Gasteiger partial charge on any atom is 0.220 e. The lowest BCUT2D eigenvalue weighted by Gasteiger charge is -2.06. The number of hydrogen-bond donors (Lipinski definition) is 1. The summed E-state index contributed by atoms with van der Waals surface area (Å²) in [6.45, 7) is 0.325. The Kier molecular flexibility index (Phi) is 5.50. The van der Waals surface area contributed by atoms with Crippen molar-refractivity contribution in [2.24, 2.45) is 0 Å². The van der Waals surface area contributed by atoms with Gasteiger partial charge in [0.05, 0.1) is 4.90 Å². The van der Waals surface area contributed by atoms with Crippen LogP contribution in [0.25, 0.3) is 0 Å². The van der Waals surface area contributed by atoms with Crippen molar-refractivity contribution >= 4 is 15.7 Å². The van der Waals surface area contributed by atoms with Crippen LogP contribution >= 0.6 is 0 Å². The number of carbonyl (C=O) groups excluding carboxylic acids is 1. The van der Waals surface area contributed by atoms with Crippen LogP contribution in [-0.4, -0.2) is 20.6 Å². The van der Waals surface area contributed by atoms with Crippen LogP contribution in [-0.2, 0) is 27.6 Å². The minimum absolute atomic E-state index is 0.138. The third-order valence-electron chi connectivity index (χ3n) is 3.37. The van der Waals surface area contributed by atoms with Crippen LogP contribution in [0, 0.1) is 5.82 Å². The number of carbonyl (C=O) groups is 1. The Bertz CT molecular complexity index is 786. The molecular formula is C17H18FNO3S. The summed E-state index contributed by atoms with van der Waals surface area (Å²) in [4.78, 5) is 12.0. The van der Waals surface area contributed by atoms with E-state index in [1.807, 2.05) is 0 Å². The summed E-state index contributed by atoms with van der Waals surface area (Å²) < 4.78 is 35.7. The molecule has 4 nitrogen and oxygen atoms in total. The van der Waals surface area contributed by atoms with Gasteiger partial charge in [-0.05, 0) is 41.8 Å². The highest BCUT2D eigenvalue weighted by Crippen LogP contribution is 2.10. The van der Waals surface area contributed by atoms with Crippen molar-refractivity contribution in [3.8, 4) is 0 Å². The van der Waals surface area contributed by atoms with Crippen molar-refractivity contribution in [3.05, 3.63) is 65.5 Å². The van der Waals surface area contributed by atoms with Gasteiger partial charge in [-0.2, -0.15) is 0 Å². The minimum atomic E-state index is -3.21. The van der Waals surface area contributed by atoms with Crippen molar-refractivity contribution in [1.82, 2.24) is 5.32 Å². The van der Waals surface area contributed by atoms with Crippen molar-refractivity contribution in [1.29, 1.82) is 0 Å². The highest BCUT2D eigenvalue weighted by Gasteiger charge is 2.07. The molecule has 0 spiro atoms. The summed E-state index contributed by atoms with van der Waals surface area (Å²) in [5, 5.41) is 2.76. The molecule has 0 unspecified atom stereocenters. The average molecular weight is 335 g/mol. The normalized spacial score (nSPS) is 11.2. The second-order valence-corrected chi connectivity index (χ2v) is 7.34. The second-order valence-electron chi connectivity index (χ2n) is 5.32. The monoisotopic (exact) mass is 335 g/mol. The number of amides is 1. The standard InChI is InChI=1S/C17H18FNO3S/c1-23(21,22)16-8-5-14(6-9-16)12-19-17(20)10-7-13-3-2-4-15(18)11-13/h2-6,8-9,11H,7,10,12H2,1H3,(H,19,20). The Morgan fingerprint density at radius 1 is 1.09 bits per heavy atom. The van der Waals surface area contributed by atoms with E-state index in [4.69, 9.17) is 0 Å². The molecule has 0 bridgehead atoms. The Morgan fingerprint density at radius 2 is 1.78 bits per heavy atom. The molecule has 23 heavy (non-hydrogen) atoms. The van der Waals surface area contributed by atoms with Gasteiger partial charge < -0.3 is 5.32 Å². The molecular weight excluding hydrogens is 317 g/mol. The number of rotatable bonds is 6. The van der Waals surface area contributed by atoms with E-state index in [0.717, 1.165) is 17.4 Å². The Hall–Kier alpha value is -2.21. The lowest BCUT2D eigenvalue weighted by Crippen LogP contribution is -2.23. The Labute approximate surface area is 135 Å². The van der Waals surface area contributed by atoms with E-state index in [0.29, 0.717) is 13.0 Å². The predicted octanol–water partition coefficient (Wildman–Crippen LogP) is 2.48. The van der Waals surface area contributed by atoms with Gasteiger partial charge in [-0.25, -0.2) is 12.8 Å². The third-order valence-corrected chi connectivity index (χ3v) is 4.50. The van der Waals surface area contributed by atoms with E-state index in [-0.39, 0.29) is 23.0 Å². The van der Waals surface area contributed by atoms with Gasteiger partial charge in [0.15, 0.2) is 9.84 Å². The first-order valence-corrected chi connectivity index (χ1v) is 9.04. The van der Waals surface area contributed by atoms with Crippen molar-refractivity contribution < 1.29 is 17.6 Å². The lowest BCUT2D eigenvalue weighted by atomic mass is 10.1. The molecule has 122 valence electrons. The number of halogens is 1. The van der Waals surface area contributed by atoms with E-state index in [1.54, 1.807) is 24.3 Å². The molecule has 0 aliphatic carbocycles. The van der Waals surface area contributed by atoms with Crippen molar-refractivity contribution in [2.75, 3.05) is 6.26 Å². The van der Waals surface area contributed by atoms with Crippen LogP contribution in [0.4, 0.5) is 4.39 Å². The first-order valence-electron chi connectivity index (χ1n) is 7.15. The summed E-state index contributed by atoms with van der Waals surface area (Å²) in [6, 6.07) is 12.5. The molecule has 0 aliphatic rings. The topological polar surface area (TPSA) is 63.2 Å². The summed E-state index contributed by atoms with van der Waals surface area (Å²) >= 11 is 0. The minimum Gasteiger partial charge on any atom is -0.352 e. The highest BCUT2D eigenvalue weighted by atomic mass is 32.2. The van der Waals surface area contributed by atoms with Crippen LogP contribution < -0.4 is 5.32 Å². The van der Waals surface area contributed by atoms with Crippen LogP contribution in [0.5, 0.6) is 0 Å². The van der Waals surface area contributed by atoms with Crippen LogP contribution in [0.15, 0.2) is 53.4 Å². The smallest absolute Gasteiger partial charge is 0.220 e. The highest BCUT2D eigenvalue weighted by molar-refractivity contribution is 7.90. The molecule has 0 fully saturated rings. The van der Waals surface area contributed by atoms with Crippen LogP contribution in [0.3, 0.4) is 0 Å². The number of sulfone groups is 1. The summed E-state index contributed by atoms with van der Waals surface area (Å²) in [5.41, 5.74) is 1.59. The second kappa shape index (κ2) is 7.37. The van der Waals surface area contributed by atoms with E-state index < -0.39 is 9.84 Å². The van der Waals surface area contributed by atoms with E-state index in [9.17, 15) is 17.6 Å². The van der Waals surface area contributed by atoms with Gasteiger partial charge in [0.25, 0.3) is 0 Å². The molecule has 0 heterocycles. The van der Waals surface area contributed by atoms with E-state index in [2.05, 4.69) is 5.32 Å². The number of benzene rings is 2. The van der Waals surface area contributed by atoms with E-state index >= 15 is 0 Å². The Morgan fingerprint density at radius 3 is 2.39 bits per heavy atom. The molecule has 0 saturated carbocycles. The van der Waals surface area contributed by atoms with Gasteiger partial charge in [0, 0.05) is 19.2 Å². The summed E-state index contributed by atoms with van der Waals surface area (Å²) in [6.07, 6.45) is 1.89. The third kappa shape index (κ3) is 5.49. The number of hydrogen-bond acceptors (Lipinski definition) is 3. The van der Waals surface area contributed by atoms with Gasteiger partial charge in [-0.3, -0.25) is 4.79 Å². The summed E-state index contributed by atoms with van der Waals surface area (Å²) in [5.74, 6) is -0.449. The number of nitrogens with one attached hydrogen (secondary N) is 1.